The van der Waals surface area contributed by atoms with Crippen molar-refractivity contribution in [3.05, 3.63) is 84.1 Å². The summed E-state index contributed by atoms with van der Waals surface area (Å²) >= 11 is 0. The summed E-state index contributed by atoms with van der Waals surface area (Å²) in [7, 11) is 1.76. The number of pyridine rings is 1. The second kappa shape index (κ2) is 12.7. The van der Waals surface area contributed by atoms with Crippen LogP contribution in [0.4, 0.5) is 0 Å². The highest BCUT2D eigenvalue weighted by Crippen LogP contribution is 2.30. The molecule has 2 N–H and O–H groups in total. The zero-order chi connectivity index (χ0) is 20.3. The lowest BCUT2D eigenvalue weighted by Crippen LogP contribution is -2.36. The van der Waals surface area contributed by atoms with Crippen LogP contribution in [-0.2, 0) is 13.1 Å². The Labute approximate surface area is 194 Å². The molecule has 30 heavy (non-hydrogen) atoms. The first-order valence-electron chi connectivity index (χ1n) is 9.61. The summed E-state index contributed by atoms with van der Waals surface area (Å²) in [6.45, 7) is 3.85. The highest BCUT2D eigenvalue weighted by Gasteiger charge is 2.06. The second-order valence-corrected chi connectivity index (χ2v) is 6.25. The lowest BCUT2D eigenvalue weighted by Gasteiger charge is -2.13. The molecule has 1 aromatic heterocycles. The first kappa shape index (κ1) is 23.5. The van der Waals surface area contributed by atoms with Crippen molar-refractivity contribution in [2.75, 3.05) is 13.7 Å². The molecule has 0 radical (unpaired) electrons. The second-order valence-electron chi connectivity index (χ2n) is 6.25. The fourth-order valence-electron chi connectivity index (χ4n) is 2.69. The van der Waals surface area contributed by atoms with Crippen LogP contribution in [0.5, 0.6) is 17.4 Å². The number of aliphatic imine (C=N–C) groups is 1. The van der Waals surface area contributed by atoms with Crippen LogP contribution in [0.2, 0.25) is 0 Å². The van der Waals surface area contributed by atoms with E-state index >= 15 is 0 Å². The molecule has 0 bridgehead atoms. The number of aromatic nitrogens is 1. The van der Waals surface area contributed by atoms with Gasteiger partial charge < -0.3 is 20.1 Å². The predicted octanol–water partition coefficient (Wildman–Crippen LogP) is 4.76. The van der Waals surface area contributed by atoms with Crippen LogP contribution in [0.25, 0.3) is 0 Å². The van der Waals surface area contributed by atoms with Gasteiger partial charge in [-0.3, -0.25) is 4.99 Å². The van der Waals surface area contributed by atoms with E-state index in [2.05, 4.69) is 32.7 Å². The van der Waals surface area contributed by atoms with Gasteiger partial charge >= 0.3 is 0 Å². The monoisotopic (exact) mass is 518 g/mol. The van der Waals surface area contributed by atoms with Gasteiger partial charge in [0.1, 0.15) is 0 Å². The molecule has 1 heterocycles. The Hall–Kier alpha value is -2.81. The molecule has 7 heteroatoms. The van der Waals surface area contributed by atoms with Crippen LogP contribution in [-0.4, -0.2) is 24.6 Å². The minimum atomic E-state index is 0. The van der Waals surface area contributed by atoms with Crippen molar-refractivity contribution >= 4 is 29.9 Å². The molecule has 2 aromatic carbocycles. The standard InChI is InChI=1S/C23H26N4O2.HI/c1-3-28-20-11-7-8-12-21(20)29-22-14-13-19(16-25-22)17-27-23(24-2)26-15-18-9-5-4-6-10-18;/h4-14,16H,3,15,17H2,1-2H3,(H2,24,26,27);1H. The number of guanidine groups is 1. The zero-order valence-corrected chi connectivity index (χ0v) is 19.5. The molecule has 3 aromatic rings. The normalized spacial score (nSPS) is 10.7. The molecule has 3 rings (SSSR count). The van der Waals surface area contributed by atoms with E-state index in [0.717, 1.165) is 11.5 Å². The average Bonchev–Trinajstić information content (AvgIpc) is 2.77. The summed E-state index contributed by atoms with van der Waals surface area (Å²) in [5.41, 5.74) is 2.23. The number of halogens is 1. The van der Waals surface area contributed by atoms with Crippen LogP contribution in [0.3, 0.4) is 0 Å². The molecular weight excluding hydrogens is 491 g/mol. The van der Waals surface area contributed by atoms with Crippen LogP contribution in [0, 0.1) is 0 Å². The third kappa shape index (κ3) is 7.22. The lowest BCUT2D eigenvalue weighted by molar-refractivity contribution is 0.319. The summed E-state index contributed by atoms with van der Waals surface area (Å²) < 4.78 is 11.4. The summed E-state index contributed by atoms with van der Waals surface area (Å²) in [5.74, 6) is 2.61. The van der Waals surface area contributed by atoms with E-state index in [1.165, 1.54) is 5.56 Å². The molecule has 0 aliphatic rings. The van der Waals surface area contributed by atoms with Gasteiger partial charge in [0.25, 0.3) is 0 Å². The van der Waals surface area contributed by atoms with Crippen molar-refractivity contribution in [2.24, 2.45) is 4.99 Å². The number of hydrogen-bond acceptors (Lipinski definition) is 4. The van der Waals surface area contributed by atoms with Gasteiger partial charge in [0.15, 0.2) is 17.5 Å². The summed E-state index contributed by atoms with van der Waals surface area (Å²) in [4.78, 5) is 8.65. The van der Waals surface area contributed by atoms with Crippen LogP contribution in [0.15, 0.2) is 77.9 Å². The van der Waals surface area contributed by atoms with Gasteiger partial charge in [-0.05, 0) is 30.2 Å². The molecule has 0 unspecified atom stereocenters. The molecule has 0 atom stereocenters. The minimum Gasteiger partial charge on any atom is -0.490 e. The summed E-state index contributed by atoms with van der Waals surface area (Å²) in [6, 6.07) is 21.6. The SMILES string of the molecule is CCOc1ccccc1Oc1ccc(CNC(=NC)NCc2ccccc2)cn1.I. The Morgan fingerprint density at radius 2 is 1.53 bits per heavy atom. The Morgan fingerprint density at radius 1 is 0.867 bits per heavy atom. The van der Waals surface area contributed by atoms with Crippen LogP contribution < -0.4 is 20.1 Å². The highest BCUT2D eigenvalue weighted by atomic mass is 127. The zero-order valence-electron chi connectivity index (χ0n) is 17.2. The Kier molecular flexibility index (Phi) is 9.93. The van der Waals surface area contributed by atoms with Gasteiger partial charge in [-0.1, -0.05) is 48.5 Å². The minimum absolute atomic E-state index is 0. The van der Waals surface area contributed by atoms with Gasteiger partial charge in [0, 0.05) is 32.4 Å². The fourth-order valence-corrected chi connectivity index (χ4v) is 2.69. The maximum Gasteiger partial charge on any atom is 0.219 e. The van der Waals surface area contributed by atoms with E-state index in [1.54, 1.807) is 13.2 Å². The van der Waals surface area contributed by atoms with Gasteiger partial charge in [-0.25, -0.2) is 4.98 Å². The van der Waals surface area contributed by atoms with E-state index in [1.807, 2.05) is 61.5 Å². The third-order valence-corrected chi connectivity index (χ3v) is 4.15. The van der Waals surface area contributed by atoms with Gasteiger partial charge in [-0.15, -0.1) is 24.0 Å². The van der Waals surface area contributed by atoms with E-state index in [-0.39, 0.29) is 24.0 Å². The first-order valence-corrected chi connectivity index (χ1v) is 9.61. The smallest absolute Gasteiger partial charge is 0.219 e. The molecular formula is C23H27IN4O2. The molecule has 0 aliphatic carbocycles. The summed E-state index contributed by atoms with van der Waals surface area (Å²) in [5, 5.41) is 6.59. The maximum atomic E-state index is 5.86. The van der Waals surface area contributed by atoms with E-state index in [9.17, 15) is 0 Å². The Morgan fingerprint density at radius 3 is 2.17 bits per heavy atom. The molecule has 0 saturated heterocycles. The molecule has 158 valence electrons. The molecule has 0 aliphatic heterocycles. The largest absolute Gasteiger partial charge is 0.490 e. The van der Waals surface area contributed by atoms with Crippen molar-refractivity contribution in [1.82, 2.24) is 15.6 Å². The van der Waals surface area contributed by atoms with Crippen molar-refractivity contribution in [2.45, 2.75) is 20.0 Å². The van der Waals surface area contributed by atoms with Crippen molar-refractivity contribution < 1.29 is 9.47 Å². The summed E-state index contributed by atoms with van der Waals surface area (Å²) in [6.07, 6.45) is 1.79. The van der Waals surface area contributed by atoms with E-state index in [4.69, 9.17) is 9.47 Å². The lowest BCUT2D eigenvalue weighted by atomic mass is 10.2. The van der Waals surface area contributed by atoms with Crippen LogP contribution in [0.1, 0.15) is 18.1 Å². The molecule has 6 nitrogen and oxygen atoms in total. The highest BCUT2D eigenvalue weighted by molar-refractivity contribution is 14.0. The number of para-hydroxylation sites is 2. The van der Waals surface area contributed by atoms with E-state index < -0.39 is 0 Å². The van der Waals surface area contributed by atoms with Crippen molar-refractivity contribution in [1.29, 1.82) is 0 Å². The first-order chi connectivity index (χ1) is 14.3. The fraction of sp³-hybridized carbons (Fsp3) is 0.217. The van der Waals surface area contributed by atoms with Gasteiger partial charge in [0.2, 0.25) is 5.88 Å². The topological polar surface area (TPSA) is 67.8 Å². The number of benzene rings is 2. The number of hydrogen-bond donors (Lipinski definition) is 2. The van der Waals surface area contributed by atoms with E-state index in [0.29, 0.717) is 37.1 Å². The van der Waals surface area contributed by atoms with Crippen molar-refractivity contribution in [3.8, 4) is 17.4 Å². The molecule has 0 fully saturated rings. The number of nitrogens with one attached hydrogen (secondary N) is 2. The molecule has 0 amide bonds. The third-order valence-electron chi connectivity index (χ3n) is 4.15. The van der Waals surface area contributed by atoms with Crippen LogP contribution >= 0.6 is 24.0 Å². The number of rotatable bonds is 8. The average molecular weight is 518 g/mol. The quantitative estimate of drug-likeness (QED) is 0.256. The maximum absolute atomic E-state index is 5.86. The molecule has 0 saturated carbocycles. The number of ether oxygens (including phenoxy) is 2. The Balaban J connectivity index is 0.00000320. The van der Waals surface area contributed by atoms with Gasteiger partial charge in [0.05, 0.1) is 6.61 Å². The van der Waals surface area contributed by atoms with Gasteiger partial charge in [-0.2, -0.15) is 0 Å². The Bertz CT molecular complexity index is 918. The predicted molar refractivity (Wildman–Crippen MR) is 131 cm³/mol. The van der Waals surface area contributed by atoms with Crippen molar-refractivity contribution in [3.63, 3.8) is 0 Å². The number of nitrogens with zero attached hydrogens (tertiary/aromatic N) is 2. The molecule has 0 spiro atoms.